The van der Waals surface area contributed by atoms with Gasteiger partial charge in [-0.25, -0.2) is 9.97 Å². The standard InChI is InChI=1S/C22H29N3O2S/c1-3-10-28-21-23-13-16(14-24-21)15-25-17-8-9-18(25)12-22(26,11-17)19-6-4-5-7-20(19)27-2/h4-7,13-14,17-18,26H,3,8-12,15H2,1-2H3/t17-,18+,22?. The summed E-state index contributed by atoms with van der Waals surface area (Å²) in [4.78, 5) is 11.6. The van der Waals surface area contributed by atoms with Crippen molar-refractivity contribution in [3.63, 3.8) is 0 Å². The molecule has 0 saturated carbocycles. The molecule has 1 N–H and O–H groups in total. The number of aliphatic hydroxyl groups is 1. The van der Waals surface area contributed by atoms with Crippen molar-refractivity contribution in [3.8, 4) is 5.75 Å². The first kappa shape index (κ1) is 19.7. The third-order valence-electron chi connectivity index (χ3n) is 6.01. The van der Waals surface area contributed by atoms with E-state index in [1.54, 1.807) is 18.9 Å². The Morgan fingerprint density at radius 2 is 1.86 bits per heavy atom. The number of benzene rings is 1. The van der Waals surface area contributed by atoms with Crippen LogP contribution >= 0.6 is 11.8 Å². The molecule has 1 unspecified atom stereocenters. The summed E-state index contributed by atoms with van der Waals surface area (Å²) in [5.74, 6) is 1.84. The van der Waals surface area contributed by atoms with Crippen LogP contribution in [0.25, 0.3) is 0 Å². The van der Waals surface area contributed by atoms with E-state index >= 15 is 0 Å². The summed E-state index contributed by atoms with van der Waals surface area (Å²) in [5, 5.41) is 12.4. The fourth-order valence-corrected chi connectivity index (χ4v) is 5.37. The van der Waals surface area contributed by atoms with E-state index in [1.807, 2.05) is 36.7 Å². The van der Waals surface area contributed by atoms with Gasteiger partial charge in [0.05, 0.1) is 12.7 Å². The van der Waals surface area contributed by atoms with Gasteiger partial charge in [-0.15, -0.1) is 0 Å². The number of fused-ring (bicyclic) bond motifs is 2. The van der Waals surface area contributed by atoms with E-state index in [0.717, 1.165) is 66.4 Å². The number of piperidine rings is 1. The lowest BCUT2D eigenvalue weighted by Crippen LogP contribution is -2.49. The van der Waals surface area contributed by atoms with Gasteiger partial charge in [0.25, 0.3) is 0 Å². The van der Waals surface area contributed by atoms with Crippen molar-refractivity contribution in [1.82, 2.24) is 14.9 Å². The smallest absolute Gasteiger partial charge is 0.187 e. The zero-order valence-corrected chi connectivity index (χ0v) is 17.5. The van der Waals surface area contributed by atoms with Gasteiger partial charge in [-0.3, -0.25) is 4.90 Å². The van der Waals surface area contributed by atoms with E-state index in [0.29, 0.717) is 12.1 Å². The SMILES string of the molecule is CCCSc1ncc(CN2[C@@H]3CC[C@H]2CC(O)(c2ccccc2OC)C3)cn1. The first-order valence-electron chi connectivity index (χ1n) is 10.2. The number of rotatable bonds is 7. The predicted molar refractivity (Wildman–Crippen MR) is 112 cm³/mol. The molecule has 2 aliphatic heterocycles. The van der Waals surface area contributed by atoms with E-state index in [4.69, 9.17) is 4.74 Å². The molecule has 2 saturated heterocycles. The first-order valence-corrected chi connectivity index (χ1v) is 11.2. The van der Waals surface area contributed by atoms with Crippen molar-refractivity contribution in [2.24, 2.45) is 0 Å². The van der Waals surface area contributed by atoms with Crippen LogP contribution in [0.4, 0.5) is 0 Å². The lowest BCUT2D eigenvalue weighted by molar-refractivity contribution is -0.0607. The van der Waals surface area contributed by atoms with Crippen LogP contribution in [-0.2, 0) is 12.1 Å². The maximum absolute atomic E-state index is 11.5. The summed E-state index contributed by atoms with van der Waals surface area (Å²) in [6.07, 6.45) is 8.81. The van der Waals surface area contributed by atoms with Gasteiger partial charge < -0.3 is 9.84 Å². The highest BCUT2D eigenvalue weighted by Crippen LogP contribution is 2.48. The average Bonchev–Trinajstić information content (AvgIpc) is 2.96. The average molecular weight is 400 g/mol. The molecule has 0 radical (unpaired) electrons. The first-order chi connectivity index (χ1) is 13.6. The Balaban J connectivity index is 1.47. The summed E-state index contributed by atoms with van der Waals surface area (Å²) < 4.78 is 5.52. The second kappa shape index (κ2) is 8.39. The van der Waals surface area contributed by atoms with E-state index in [1.165, 1.54) is 0 Å². The van der Waals surface area contributed by atoms with E-state index in [2.05, 4.69) is 21.8 Å². The van der Waals surface area contributed by atoms with Gasteiger partial charge >= 0.3 is 0 Å². The maximum Gasteiger partial charge on any atom is 0.187 e. The molecule has 150 valence electrons. The number of para-hydroxylation sites is 1. The second-order valence-corrected chi connectivity index (χ2v) is 8.98. The van der Waals surface area contributed by atoms with Crippen LogP contribution in [-0.4, -0.2) is 44.9 Å². The summed E-state index contributed by atoms with van der Waals surface area (Å²) >= 11 is 1.71. The highest BCUT2D eigenvalue weighted by molar-refractivity contribution is 7.99. The molecule has 3 heterocycles. The van der Waals surface area contributed by atoms with Gasteiger partial charge in [0, 0.05) is 47.9 Å². The fourth-order valence-electron chi connectivity index (χ4n) is 4.73. The Labute approximate surface area is 171 Å². The number of hydrogen-bond donors (Lipinski definition) is 1. The van der Waals surface area contributed by atoms with Gasteiger partial charge in [0.1, 0.15) is 5.75 Å². The highest BCUT2D eigenvalue weighted by Gasteiger charge is 2.49. The molecule has 1 aromatic carbocycles. The number of hydrogen-bond acceptors (Lipinski definition) is 6. The van der Waals surface area contributed by atoms with Crippen molar-refractivity contribution < 1.29 is 9.84 Å². The van der Waals surface area contributed by atoms with Gasteiger partial charge in [-0.05, 0) is 38.2 Å². The molecular formula is C22H29N3O2S. The number of thioether (sulfide) groups is 1. The third kappa shape index (κ3) is 3.91. The molecule has 1 aromatic heterocycles. The van der Waals surface area contributed by atoms with Crippen LogP contribution in [0.5, 0.6) is 5.75 Å². The van der Waals surface area contributed by atoms with Crippen molar-refractivity contribution in [3.05, 3.63) is 47.8 Å². The summed E-state index contributed by atoms with van der Waals surface area (Å²) in [6.45, 7) is 3.02. The number of ether oxygens (including phenoxy) is 1. The Morgan fingerprint density at radius 1 is 1.18 bits per heavy atom. The number of nitrogens with zero attached hydrogens (tertiary/aromatic N) is 3. The Morgan fingerprint density at radius 3 is 2.50 bits per heavy atom. The molecule has 2 fully saturated rings. The van der Waals surface area contributed by atoms with Crippen molar-refractivity contribution in [2.75, 3.05) is 12.9 Å². The predicted octanol–water partition coefficient (Wildman–Crippen LogP) is 4.00. The van der Waals surface area contributed by atoms with Gasteiger partial charge in [0.2, 0.25) is 0 Å². The molecule has 6 heteroatoms. The Kier molecular flexibility index (Phi) is 5.90. The minimum Gasteiger partial charge on any atom is -0.496 e. The molecule has 2 aromatic rings. The van der Waals surface area contributed by atoms with Gasteiger partial charge in [-0.1, -0.05) is 36.9 Å². The molecule has 28 heavy (non-hydrogen) atoms. The van der Waals surface area contributed by atoms with Crippen LogP contribution in [0, 0.1) is 0 Å². The second-order valence-electron chi connectivity index (χ2n) is 7.92. The summed E-state index contributed by atoms with van der Waals surface area (Å²) in [6, 6.07) is 8.65. The lowest BCUT2D eigenvalue weighted by Gasteiger charge is -2.44. The van der Waals surface area contributed by atoms with Gasteiger partial charge in [0.15, 0.2) is 5.16 Å². The number of methoxy groups -OCH3 is 1. The van der Waals surface area contributed by atoms with Crippen LogP contribution < -0.4 is 4.74 Å². The van der Waals surface area contributed by atoms with Crippen molar-refractivity contribution in [2.45, 2.75) is 68.4 Å². The molecule has 2 bridgehead atoms. The molecule has 0 spiro atoms. The van der Waals surface area contributed by atoms with E-state index < -0.39 is 5.60 Å². The molecular weight excluding hydrogens is 370 g/mol. The quantitative estimate of drug-likeness (QED) is 0.561. The molecule has 0 amide bonds. The normalized spacial score (nSPS) is 27.1. The number of aromatic nitrogens is 2. The van der Waals surface area contributed by atoms with E-state index in [-0.39, 0.29) is 0 Å². The lowest BCUT2D eigenvalue weighted by atomic mass is 9.80. The zero-order valence-electron chi connectivity index (χ0n) is 16.7. The topological polar surface area (TPSA) is 58.5 Å². The third-order valence-corrected chi connectivity index (χ3v) is 7.09. The zero-order chi connectivity index (χ0) is 19.6. The molecule has 0 aliphatic carbocycles. The maximum atomic E-state index is 11.5. The van der Waals surface area contributed by atoms with Crippen LogP contribution in [0.15, 0.2) is 41.8 Å². The van der Waals surface area contributed by atoms with Crippen LogP contribution in [0.2, 0.25) is 0 Å². The van der Waals surface area contributed by atoms with Crippen molar-refractivity contribution >= 4 is 11.8 Å². The molecule has 3 atom stereocenters. The summed E-state index contributed by atoms with van der Waals surface area (Å²) in [5.41, 5.74) is 1.27. The Hall–Kier alpha value is -1.63. The summed E-state index contributed by atoms with van der Waals surface area (Å²) in [7, 11) is 1.67. The fraction of sp³-hybridized carbons (Fsp3) is 0.545. The van der Waals surface area contributed by atoms with Crippen LogP contribution in [0.3, 0.4) is 0 Å². The highest BCUT2D eigenvalue weighted by atomic mass is 32.2. The largest absolute Gasteiger partial charge is 0.496 e. The molecule has 2 aliphatic rings. The monoisotopic (exact) mass is 399 g/mol. The van der Waals surface area contributed by atoms with E-state index in [9.17, 15) is 5.11 Å². The molecule has 5 nitrogen and oxygen atoms in total. The minimum absolute atomic E-state index is 0.378. The Bertz CT molecular complexity index is 785. The van der Waals surface area contributed by atoms with Crippen LogP contribution in [0.1, 0.15) is 50.2 Å². The molecule has 4 rings (SSSR count). The minimum atomic E-state index is -0.813. The van der Waals surface area contributed by atoms with Gasteiger partial charge in [-0.2, -0.15) is 0 Å². The van der Waals surface area contributed by atoms with Crippen molar-refractivity contribution in [1.29, 1.82) is 0 Å².